The Hall–Kier alpha value is -1.81. The number of pyridine rings is 1. The van der Waals surface area contributed by atoms with Crippen LogP contribution in [0.25, 0.3) is 11.0 Å². The highest BCUT2D eigenvalue weighted by molar-refractivity contribution is 9.10. The summed E-state index contributed by atoms with van der Waals surface area (Å²) in [7, 11) is 0. The molecule has 4 heteroatoms. The number of para-hydroxylation sites is 1. The van der Waals surface area contributed by atoms with Crippen molar-refractivity contribution in [2.75, 3.05) is 5.32 Å². The van der Waals surface area contributed by atoms with Crippen molar-refractivity contribution in [1.82, 2.24) is 4.98 Å². The van der Waals surface area contributed by atoms with Crippen LogP contribution in [0.3, 0.4) is 0 Å². The van der Waals surface area contributed by atoms with E-state index in [2.05, 4.69) is 45.3 Å². The monoisotopic (exact) mass is 344 g/mol. The van der Waals surface area contributed by atoms with Crippen LogP contribution >= 0.6 is 15.9 Å². The SMILES string of the molecule is CCc1oc2ccccc2c1CNc1cnc(Br)c(C)c1. The molecule has 108 valence electrons. The lowest BCUT2D eigenvalue weighted by Crippen LogP contribution is -2.02. The highest BCUT2D eigenvalue weighted by atomic mass is 79.9. The van der Waals surface area contributed by atoms with Gasteiger partial charge in [-0.1, -0.05) is 25.1 Å². The Kier molecular flexibility index (Phi) is 3.97. The maximum absolute atomic E-state index is 5.92. The van der Waals surface area contributed by atoms with Crippen molar-refractivity contribution in [1.29, 1.82) is 0 Å². The van der Waals surface area contributed by atoms with Gasteiger partial charge in [-0.05, 0) is 40.5 Å². The van der Waals surface area contributed by atoms with Gasteiger partial charge in [0.1, 0.15) is 15.9 Å². The summed E-state index contributed by atoms with van der Waals surface area (Å²) in [5.74, 6) is 1.05. The molecule has 0 fully saturated rings. The Morgan fingerprint density at radius 1 is 1.29 bits per heavy atom. The summed E-state index contributed by atoms with van der Waals surface area (Å²) in [5, 5.41) is 4.62. The molecule has 0 aliphatic heterocycles. The maximum Gasteiger partial charge on any atom is 0.134 e. The van der Waals surface area contributed by atoms with Gasteiger partial charge >= 0.3 is 0 Å². The third kappa shape index (κ3) is 2.81. The summed E-state index contributed by atoms with van der Waals surface area (Å²) in [5.41, 5.74) is 4.32. The number of nitrogens with zero attached hydrogens (tertiary/aromatic N) is 1. The fourth-order valence-corrected chi connectivity index (χ4v) is 2.69. The first-order valence-corrected chi connectivity index (χ1v) is 7.83. The number of rotatable bonds is 4. The fraction of sp³-hybridized carbons (Fsp3) is 0.235. The van der Waals surface area contributed by atoms with Gasteiger partial charge in [0.25, 0.3) is 0 Å². The molecule has 0 aliphatic rings. The van der Waals surface area contributed by atoms with E-state index in [1.807, 2.05) is 31.3 Å². The number of hydrogen-bond acceptors (Lipinski definition) is 3. The van der Waals surface area contributed by atoms with Crippen LogP contribution in [0.1, 0.15) is 23.8 Å². The van der Waals surface area contributed by atoms with Gasteiger partial charge in [-0.25, -0.2) is 4.98 Å². The average Bonchev–Trinajstić information content (AvgIpc) is 2.86. The molecule has 0 saturated heterocycles. The molecule has 0 atom stereocenters. The van der Waals surface area contributed by atoms with Crippen LogP contribution in [-0.4, -0.2) is 4.98 Å². The maximum atomic E-state index is 5.92. The predicted octanol–water partition coefficient (Wildman–Crippen LogP) is 5.07. The summed E-state index contributed by atoms with van der Waals surface area (Å²) in [6, 6.07) is 10.3. The lowest BCUT2D eigenvalue weighted by Gasteiger charge is -2.08. The average molecular weight is 345 g/mol. The van der Waals surface area contributed by atoms with Crippen LogP contribution in [0.2, 0.25) is 0 Å². The van der Waals surface area contributed by atoms with Gasteiger partial charge in [0.05, 0.1) is 11.9 Å². The van der Waals surface area contributed by atoms with Crippen molar-refractivity contribution < 1.29 is 4.42 Å². The van der Waals surface area contributed by atoms with Gasteiger partial charge in [0.2, 0.25) is 0 Å². The molecule has 0 radical (unpaired) electrons. The molecule has 2 heterocycles. The first-order valence-electron chi connectivity index (χ1n) is 7.04. The predicted molar refractivity (Wildman–Crippen MR) is 89.6 cm³/mol. The number of anilines is 1. The van der Waals surface area contributed by atoms with E-state index in [-0.39, 0.29) is 0 Å². The van der Waals surface area contributed by atoms with Crippen LogP contribution in [-0.2, 0) is 13.0 Å². The topological polar surface area (TPSA) is 38.1 Å². The summed E-state index contributed by atoms with van der Waals surface area (Å²) < 4.78 is 6.80. The number of halogens is 1. The molecule has 2 aromatic heterocycles. The zero-order valence-electron chi connectivity index (χ0n) is 12.1. The Balaban J connectivity index is 1.89. The summed E-state index contributed by atoms with van der Waals surface area (Å²) in [6.45, 7) is 4.89. The second-order valence-electron chi connectivity index (χ2n) is 5.04. The number of furan rings is 1. The third-order valence-corrected chi connectivity index (χ3v) is 4.42. The standard InChI is InChI=1S/C17H17BrN2O/c1-3-15-14(13-6-4-5-7-16(13)21-15)10-19-12-8-11(2)17(18)20-9-12/h4-9,19H,3,10H2,1-2H3. The lowest BCUT2D eigenvalue weighted by atomic mass is 10.1. The van der Waals surface area contributed by atoms with Gasteiger partial charge < -0.3 is 9.73 Å². The molecule has 0 saturated carbocycles. The third-order valence-electron chi connectivity index (χ3n) is 3.59. The minimum absolute atomic E-state index is 0.739. The molecule has 3 nitrogen and oxygen atoms in total. The highest BCUT2D eigenvalue weighted by Gasteiger charge is 2.12. The highest BCUT2D eigenvalue weighted by Crippen LogP contribution is 2.27. The first kappa shape index (κ1) is 14.1. The first-order chi connectivity index (χ1) is 10.2. The molecule has 0 spiro atoms. The second kappa shape index (κ2) is 5.90. The van der Waals surface area contributed by atoms with E-state index in [1.165, 1.54) is 10.9 Å². The molecule has 0 amide bonds. The number of benzene rings is 1. The molecule has 0 unspecified atom stereocenters. The van der Waals surface area contributed by atoms with Crippen LogP contribution in [0.15, 0.2) is 45.5 Å². The van der Waals surface area contributed by atoms with Gasteiger partial charge in [-0.3, -0.25) is 0 Å². The van der Waals surface area contributed by atoms with E-state index in [9.17, 15) is 0 Å². The number of hydrogen-bond donors (Lipinski definition) is 1. The smallest absolute Gasteiger partial charge is 0.134 e. The molecular formula is C17H17BrN2O. The van der Waals surface area contributed by atoms with Crippen molar-refractivity contribution in [2.45, 2.75) is 26.8 Å². The zero-order valence-corrected chi connectivity index (χ0v) is 13.7. The van der Waals surface area contributed by atoms with Crippen LogP contribution in [0.4, 0.5) is 5.69 Å². The van der Waals surface area contributed by atoms with Gasteiger partial charge in [0, 0.05) is 23.9 Å². The Bertz CT molecular complexity index is 780. The van der Waals surface area contributed by atoms with E-state index in [0.717, 1.165) is 40.2 Å². The van der Waals surface area contributed by atoms with E-state index in [4.69, 9.17) is 4.42 Å². The number of aryl methyl sites for hydroxylation is 2. The van der Waals surface area contributed by atoms with Crippen molar-refractivity contribution in [2.24, 2.45) is 0 Å². The minimum Gasteiger partial charge on any atom is -0.461 e. The molecule has 0 aliphatic carbocycles. The molecule has 21 heavy (non-hydrogen) atoms. The number of aromatic nitrogens is 1. The van der Waals surface area contributed by atoms with E-state index in [1.54, 1.807) is 0 Å². The van der Waals surface area contributed by atoms with Crippen molar-refractivity contribution in [3.8, 4) is 0 Å². The quantitative estimate of drug-likeness (QED) is 0.671. The second-order valence-corrected chi connectivity index (χ2v) is 5.79. The molecule has 1 N–H and O–H groups in total. The van der Waals surface area contributed by atoms with Crippen molar-refractivity contribution in [3.05, 3.63) is 58.0 Å². The van der Waals surface area contributed by atoms with Crippen molar-refractivity contribution in [3.63, 3.8) is 0 Å². The van der Waals surface area contributed by atoms with E-state index < -0.39 is 0 Å². The van der Waals surface area contributed by atoms with Gasteiger partial charge in [-0.2, -0.15) is 0 Å². The van der Waals surface area contributed by atoms with E-state index in [0.29, 0.717) is 0 Å². The summed E-state index contributed by atoms with van der Waals surface area (Å²) in [4.78, 5) is 4.31. The van der Waals surface area contributed by atoms with Gasteiger partial charge in [-0.15, -0.1) is 0 Å². The molecule has 0 bridgehead atoms. The fourth-order valence-electron chi connectivity index (χ4n) is 2.47. The Morgan fingerprint density at radius 3 is 2.86 bits per heavy atom. The summed E-state index contributed by atoms with van der Waals surface area (Å²) in [6.07, 6.45) is 2.73. The molecule has 1 aromatic carbocycles. The van der Waals surface area contributed by atoms with Gasteiger partial charge in [0.15, 0.2) is 0 Å². The van der Waals surface area contributed by atoms with E-state index >= 15 is 0 Å². The lowest BCUT2D eigenvalue weighted by molar-refractivity contribution is 0.551. The molecule has 3 rings (SSSR count). The summed E-state index contributed by atoms with van der Waals surface area (Å²) >= 11 is 3.42. The Labute approximate surface area is 132 Å². The zero-order chi connectivity index (χ0) is 14.8. The number of nitrogens with one attached hydrogen (secondary N) is 1. The Morgan fingerprint density at radius 2 is 2.10 bits per heavy atom. The minimum atomic E-state index is 0.739. The largest absolute Gasteiger partial charge is 0.461 e. The normalized spacial score (nSPS) is 11.0. The van der Waals surface area contributed by atoms with Crippen LogP contribution in [0.5, 0.6) is 0 Å². The number of fused-ring (bicyclic) bond motifs is 1. The molecule has 3 aromatic rings. The van der Waals surface area contributed by atoms with Crippen LogP contribution in [0, 0.1) is 6.92 Å². The van der Waals surface area contributed by atoms with Crippen molar-refractivity contribution >= 4 is 32.6 Å². The van der Waals surface area contributed by atoms with Crippen LogP contribution < -0.4 is 5.32 Å². The molecular weight excluding hydrogens is 328 g/mol.